The fourth-order valence-electron chi connectivity index (χ4n) is 2.70. The summed E-state index contributed by atoms with van der Waals surface area (Å²) in [5.74, 6) is -0.129. The minimum absolute atomic E-state index is 0.122. The van der Waals surface area contributed by atoms with Gasteiger partial charge >= 0.3 is 0 Å². The first-order chi connectivity index (χ1) is 10.6. The van der Waals surface area contributed by atoms with E-state index in [1.54, 1.807) is 45.2 Å². The van der Waals surface area contributed by atoms with Gasteiger partial charge < -0.3 is 10.6 Å². The molecule has 0 aliphatic carbocycles. The number of nitrogens with zero attached hydrogens (tertiary/aromatic N) is 1. The first-order valence-electron chi connectivity index (χ1n) is 7.24. The van der Waals surface area contributed by atoms with Crippen molar-refractivity contribution in [2.24, 2.45) is 5.73 Å². The lowest BCUT2D eigenvalue weighted by atomic mass is 10.1. The number of amides is 1. The molecular weight excluding hydrogens is 314 g/mol. The molecule has 0 aromatic heterocycles. The summed E-state index contributed by atoms with van der Waals surface area (Å²) in [5, 5.41) is 1.22. The van der Waals surface area contributed by atoms with Crippen molar-refractivity contribution in [2.45, 2.75) is 24.3 Å². The van der Waals surface area contributed by atoms with E-state index in [0.717, 1.165) is 5.69 Å². The highest BCUT2D eigenvalue weighted by Gasteiger charge is 2.30. The summed E-state index contributed by atoms with van der Waals surface area (Å²) in [6.07, 6.45) is 0. The molecule has 1 aliphatic heterocycles. The Balaban J connectivity index is 2.17. The van der Waals surface area contributed by atoms with Gasteiger partial charge in [-0.1, -0.05) is 12.1 Å². The van der Waals surface area contributed by atoms with E-state index in [2.05, 4.69) is 4.72 Å². The Labute approximate surface area is 135 Å². The first-order valence-corrected chi connectivity index (χ1v) is 8.72. The van der Waals surface area contributed by atoms with Gasteiger partial charge in [0.2, 0.25) is 10.0 Å². The molecule has 2 aromatic carbocycles. The molecule has 1 aliphatic rings. The lowest BCUT2D eigenvalue weighted by molar-refractivity contribution is 0.0999. The maximum atomic E-state index is 12.6. The normalized spacial score (nSPS) is 14.8. The van der Waals surface area contributed by atoms with Gasteiger partial charge in [-0.3, -0.25) is 4.79 Å². The van der Waals surface area contributed by atoms with Gasteiger partial charge in [0.15, 0.2) is 0 Å². The van der Waals surface area contributed by atoms with Crippen LogP contribution in [0.15, 0.2) is 35.2 Å². The maximum absolute atomic E-state index is 12.6. The average molecular weight is 333 g/mol. The van der Waals surface area contributed by atoms with Gasteiger partial charge in [0.05, 0.1) is 10.6 Å². The Morgan fingerprint density at radius 2 is 1.91 bits per heavy atom. The number of nitrogens with two attached hydrogens (primary N) is 1. The molecule has 0 atom stereocenters. The lowest BCUT2D eigenvalue weighted by Gasteiger charge is -2.19. The molecule has 0 saturated carbocycles. The second kappa shape index (κ2) is 5.02. The van der Waals surface area contributed by atoms with Crippen molar-refractivity contribution in [1.82, 2.24) is 4.72 Å². The van der Waals surface area contributed by atoms with Crippen molar-refractivity contribution in [3.8, 4) is 0 Å². The van der Waals surface area contributed by atoms with Crippen molar-refractivity contribution < 1.29 is 13.2 Å². The number of nitrogens with one attached hydrogen (secondary N) is 1. The van der Waals surface area contributed by atoms with E-state index in [0.29, 0.717) is 16.3 Å². The third-order valence-electron chi connectivity index (χ3n) is 3.88. The van der Waals surface area contributed by atoms with Gasteiger partial charge in [0.25, 0.3) is 5.91 Å². The Hall–Kier alpha value is -1.96. The Morgan fingerprint density at radius 1 is 1.22 bits per heavy atom. The molecule has 0 fully saturated rings. The highest BCUT2D eigenvalue weighted by molar-refractivity contribution is 7.89. The van der Waals surface area contributed by atoms with Crippen molar-refractivity contribution in [2.75, 3.05) is 18.5 Å². The molecule has 3 N–H and O–H groups in total. The zero-order valence-electron chi connectivity index (χ0n) is 13.3. The molecule has 3 rings (SSSR count). The van der Waals surface area contributed by atoms with Crippen LogP contribution in [0.4, 0.5) is 5.69 Å². The summed E-state index contributed by atoms with van der Waals surface area (Å²) < 4.78 is 27.8. The Kier molecular flexibility index (Phi) is 3.47. The summed E-state index contributed by atoms with van der Waals surface area (Å²) in [6.45, 7) is 3.62. The molecule has 23 heavy (non-hydrogen) atoms. The quantitative estimate of drug-likeness (QED) is 0.885. The van der Waals surface area contributed by atoms with Crippen LogP contribution < -0.4 is 15.4 Å². The van der Waals surface area contributed by atoms with Crippen LogP contribution in [0.2, 0.25) is 0 Å². The molecule has 0 radical (unpaired) electrons. The van der Waals surface area contributed by atoms with Gasteiger partial charge in [-0.25, -0.2) is 13.1 Å². The van der Waals surface area contributed by atoms with Crippen LogP contribution in [0.1, 0.15) is 24.2 Å². The summed E-state index contributed by atoms with van der Waals surface area (Å²) in [5.41, 5.74) is 6.44. The molecule has 1 amide bonds. The van der Waals surface area contributed by atoms with Crippen molar-refractivity contribution >= 4 is 32.4 Å². The fraction of sp³-hybridized carbons (Fsp3) is 0.312. The molecule has 0 saturated heterocycles. The molecule has 1 heterocycles. The number of hydrogen-bond donors (Lipinski definition) is 2. The van der Waals surface area contributed by atoms with Crippen LogP contribution in [-0.2, 0) is 10.0 Å². The van der Waals surface area contributed by atoms with Gasteiger partial charge in [-0.05, 0) is 32.0 Å². The van der Waals surface area contributed by atoms with Crippen molar-refractivity contribution in [3.05, 3.63) is 35.9 Å². The summed E-state index contributed by atoms with van der Waals surface area (Å²) in [7, 11) is -2.04. The van der Waals surface area contributed by atoms with Gasteiger partial charge in [-0.2, -0.15) is 0 Å². The van der Waals surface area contributed by atoms with Crippen molar-refractivity contribution in [3.63, 3.8) is 0 Å². The molecule has 0 spiro atoms. The molecule has 0 bridgehead atoms. The highest BCUT2D eigenvalue weighted by Crippen LogP contribution is 2.39. The number of carbonyl (C=O) groups excluding carboxylic acids is 1. The number of rotatable bonds is 4. The standard InChI is InChI=1S/C16H19N3O3S/c1-16(2,17)9-18-23(21,22)13-8-7-12-14-10(13)5-4-6-11(14)15(20)19(12)3/h4-8,18H,9,17H2,1-3H3. The number of hydrogen-bond acceptors (Lipinski definition) is 4. The Bertz CT molecular complexity index is 914. The van der Waals surface area contributed by atoms with Crippen LogP contribution in [0.25, 0.3) is 10.8 Å². The third-order valence-corrected chi connectivity index (χ3v) is 5.34. The van der Waals surface area contributed by atoms with E-state index in [9.17, 15) is 13.2 Å². The minimum atomic E-state index is -3.72. The van der Waals surface area contributed by atoms with Crippen molar-refractivity contribution in [1.29, 1.82) is 0 Å². The summed E-state index contributed by atoms with van der Waals surface area (Å²) in [6, 6.07) is 8.33. The molecule has 0 unspecified atom stereocenters. The van der Waals surface area contributed by atoms with Gasteiger partial charge in [0.1, 0.15) is 0 Å². The van der Waals surface area contributed by atoms with Crippen LogP contribution in [0.3, 0.4) is 0 Å². The largest absolute Gasteiger partial charge is 0.324 e. The minimum Gasteiger partial charge on any atom is -0.324 e. The predicted molar refractivity (Wildman–Crippen MR) is 90.1 cm³/mol. The lowest BCUT2D eigenvalue weighted by Crippen LogP contribution is -2.45. The number of anilines is 1. The van der Waals surface area contributed by atoms with Gasteiger partial charge in [-0.15, -0.1) is 0 Å². The molecule has 6 nitrogen and oxygen atoms in total. The van der Waals surface area contributed by atoms with E-state index < -0.39 is 15.6 Å². The van der Waals surface area contributed by atoms with Crippen LogP contribution in [0, 0.1) is 0 Å². The van der Waals surface area contributed by atoms with E-state index in [1.165, 1.54) is 11.0 Å². The number of benzene rings is 2. The number of carbonyl (C=O) groups is 1. The summed E-state index contributed by atoms with van der Waals surface area (Å²) >= 11 is 0. The van der Waals surface area contributed by atoms with E-state index >= 15 is 0 Å². The van der Waals surface area contributed by atoms with E-state index in [4.69, 9.17) is 5.73 Å². The summed E-state index contributed by atoms with van der Waals surface area (Å²) in [4.78, 5) is 13.9. The SMILES string of the molecule is CN1C(=O)c2cccc3c(S(=O)(=O)NCC(C)(C)N)ccc1c23. The topological polar surface area (TPSA) is 92.5 Å². The first kappa shape index (κ1) is 15.9. The second-order valence-electron chi connectivity index (χ2n) is 6.49. The third kappa shape index (κ3) is 2.60. The van der Waals surface area contributed by atoms with Crippen LogP contribution in [-0.4, -0.2) is 33.5 Å². The fourth-order valence-corrected chi connectivity index (χ4v) is 4.13. The van der Waals surface area contributed by atoms with Gasteiger partial charge in [0, 0.05) is 35.5 Å². The predicted octanol–water partition coefficient (Wildman–Crippen LogP) is 1.45. The zero-order valence-corrected chi connectivity index (χ0v) is 14.1. The second-order valence-corrected chi connectivity index (χ2v) is 8.22. The zero-order chi connectivity index (χ0) is 17.0. The average Bonchev–Trinajstić information content (AvgIpc) is 2.72. The molecule has 2 aromatic rings. The van der Waals surface area contributed by atoms with E-state index in [1.807, 2.05) is 0 Å². The van der Waals surface area contributed by atoms with Crippen LogP contribution >= 0.6 is 0 Å². The highest BCUT2D eigenvalue weighted by atomic mass is 32.2. The molecular formula is C16H19N3O3S. The van der Waals surface area contributed by atoms with E-state index in [-0.39, 0.29) is 17.3 Å². The molecule has 122 valence electrons. The molecule has 7 heteroatoms. The monoisotopic (exact) mass is 333 g/mol. The van der Waals surface area contributed by atoms with Crippen LogP contribution in [0.5, 0.6) is 0 Å². The smallest absolute Gasteiger partial charge is 0.258 e. The Morgan fingerprint density at radius 3 is 2.57 bits per heavy atom. The number of sulfonamides is 1. The maximum Gasteiger partial charge on any atom is 0.258 e.